The van der Waals surface area contributed by atoms with Gasteiger partial charge in [-0.15, -0.1) is 0 Å². The van der Waals surface area contributed by atoms with Crippen LogP contribution in [0.1, 0.15) is 24.5 Å². The highest BCUT2D eigenvalue weighted by atomic mass is 16.6. The quantitative estimate of drug-likeness (QED) is 0.400. The molecule has 2 aromatic carbocycles. The molecule has 4 atom stereocenters. The molecule has 2 saturated heterocycles. The third kappa shape index (κ3) is 6.28. The molecule has 9 heteroatoms. The number of amides is 3. The predicted molar refractivity (Wildman–Crippen MR) is 131 cm³/mol. The number of benzene rings is 2. The summed E-state index contributed by atoms with van der Waals surface area (Å²) < 4.78 is 10.6. The molecule has 0 radical (unpaired) electrons. The van der Waals surface area contributed by atoms with E-state index in [-0.39, 0.29) is 37.0 Å². The van der Waals surface area contributed by atoms with Gasteiger partial charge in [-0.05, 0) is 36.6 Å². The van der Waals surface area contributed by atoms with Crippen LogP contribution in [0, 0.1) is 5.92 Å². The van der Waals surface area contributed by atoms with Crippen LogP contribution in [0.3, 0.4) is 0 Å². The van der Waals surface area contributed by atoms with Crippen LogP contribution < -0.4 is 20.7 Å². The van der Waals surface area contributed by atoms with Crippen LogP contribution >= 0.6 is 0 Å². The molecule has 3 amide bonds. The van der Waals surface area contributed by atoms with E-state index < -0.39 is 29.5 Å². The van der Waals surface area contributed by atoms with E-state index >= 15 is 0 Å². The SMILES string of the molecule is COc1ccc(CC(NC(=O)[C@@H]2CNC(=O)C2)C(=O)N[C@H](Cc2ccccc2)C(=O)[C@]2(C)CO2)cc1. The minimum atomic E-state index is -0.944. The van der Waals surface area contributed by atoms with Crippen molar-refractivity contribution in [2.45, 2.75) is 43.9 Å². The van der Waals surface area contributed by atoms with Gasteiger partial charge >= 0.3 is 0 Å². The molecule has 2 aliphatic rings. The number of Topliss-reactive ketones (excluding diaryl/α,β-unsaturated/α-hetero) is 1. The maximum Gasteiger partial charge on any atom is 0.243 e. The normalized spacial score (nSPS) is 22.2. The molecule has 2 aromatic rings. The molecule has 1 unspecified atom stereocenters. The molecule has 190 valence electrons. The van der Waals surface area contributed by atoms with Gasteiger partial charge in [-0.3, -0.25) is 19.2 Å². The van der Waals surface area contributed by atoms with Gasteiger partial charge in [0, 0.05) is 19.4 Å². The Morgan fingerprint density at radius 1 is 1.03 bits per heavy atom. The van der Waals surface area contributed by atoms with Crippen LogP contribution in [-0.2, 0) is 36.8 Å². The molecule has 2 heterocycles. The van der Waals surface area contributed by atoms with Crippen molar-refractivity contribution in [3.63, 3.8) is 0 Å². The van der Waals surface area contributed by atoms with E-state index in [9.17, 15) is 19.2 Å². The van der Waals surface area contributed by atoms with Crippen LogP contribution in [0.5, 0.6) is 5.75 Å². The first-order valence-corrected chi connectivity index (χ1v) is 12.0. The number of nitrogens with one attached hydrogen (secondary N) is 3. The number of methoxy groups -OCH3 is 1. The van der Waals surface area contributed by atoms with Gasteiger partial charge < -0.3 is 25.4 Å². The summed E-state index contributed by atoms with van der Waals surface area (Å²) in [5.74, 6) is -1.15. The monoisotopic (exact) mass is 493 g/mol. The highest BCUT2D eigenvalue weighted by molar-refractivity contribution is 5.98. The Morgan fingerprint density at radius 3 is 2.25 bits per heavy atom. The number of carbonyl (C=O) groups excluding carboxylic acids is 4. The maximum atomic E-state index is 13.5. The number of epoxide rings is 1. The Morgan fingerprint density at radius 2 is 1.67 bits per heavy atom. The van der Waals surface area contributed by atoms with Crippen molar-refractivity contribution in [1.29, 1.82) is 0 Å². The maximum absolute atomic E-state index is 13.5. The van der Waals surface area contributed by atoms with Crippen LogP contribution in [0.2, 0.25) is 0 Å². The minimum absolute atomic E-state index is 0.0769. The van der Waals surface area contributed by atoms with Crippen molar-refractivity contribution in [3.05, 3.63) is 65.7 Å². The summed E-state index contributed by atoms with van der Waals surface area (Å²) in [6, 6.07) is 14.8. The number of rotatable bonds is 11. The van der Waals surface area contributed by atoms with Gasteiger partial charge in [0.15, 0.2) is 5.78 Å². The Bertz CT molecular complexity index is 1110. The second-order valence-corrected chi connectivity index (χ2v) is 9.45. The Balaban J connectivity index is 1.53. The Kier molecular flexibility index (Phi) is 7.69. The van der Waals surface area contributed by atoms with Gasteiger partial charge in [0.25, 0.3) is 0 Å². The molecule has 0 saturated carbocycles. The van der Waals surface area contributed by atoms with Gasteiger partial charge in [-0.2, -0.15) is 0 Å². The van der Waals surface area contributed by atoms with Gasteiger partial charge in [0.1, 0.15) is 17.4 Å². The van der Waals surface area contributed by atoms with Crippen LogP contribution in [0.4, 0.5) is 0 Å². The first-order chi connectivity index (χ1) is 17.3. The summed E-state index contributed by atoms with van der Waals surface area (Å²) in [7, 11) is 1.57. The van der Waals surface area contributed by atoms with Crippen LogP contribution in [0.25, 0.3) is 0 Å². The predicted octanol–water partition coefficient (Wildman–Crippen LogP) is 0.944. The first-order valence-electron chi connectivity index (χ1n) is 12.0. The van der Waals surface area contributed by atoms with Crippen LogP contribution in [0.15, 0.2) is 54.6 Å². The molecule has 9 nitrogen and oxygen atoms in total. The van der Waals surface area contributed by atoms with Gasteiger partial charge in [-0.1, -0.05) is 42.5 Å². The molecular weight excluding hydrogens is 462 g/mol. The first kappa shape index (κ1) is 25.4. The van der Waals surface area contributed by atoms with Crippen LogP contribution in [-0.4, -0.2) is 61.5 Å². The lowest BCUT2D eigenvalue weighted by Gasteiger charge is -2.25. The fourth-order valence-corrected chi connectivity index (χ4v) is 4.24. The van der Waals surface area contributed by atoms with E-state index in [1.165, 1.54) is 0 Å². The average molecular weight is 494 g/mol. The average Bonchev–Trinajstić information content (AvgIpc) is 3.49. The summed E-state index contributed by atoms with van der Waals surface area (Å²) in [4.78, 5) is 51.2. The zero-order chi connectivity index (χ0) is 25.7. The fraction of sp³-hybridized carbons (Fsp3) is 0.407. The molecule has 0 aliphatic carbocycles. The fourth-order valence-electron chi connectivity index (χ4n) is 4.24. The van der Waals surface area contributed by atoms with Crippen molar-refractivity contribution in [2.75, 3.05) is 20.3 Å². The van der Waals surface area contributed by atoms with Gasteiger partial charge in [0.2, 0.25) is 17.7 Å². The Hall–Kier alpha value is -3.72. The third-order valence-corrected chi connectivity index (χ3v) is 6.59. The molecule has 0 spiro atoms. The number of hydrogen-bond acceptors (Lipinski definition) is 6. The van der Waals surface area contributed by atoms with E-state index in [1.807, 2.05) is 42.5 Å². The molecule has 2 fully saturated rings. The molecule has 3 N–H and O–H groups in total. The smallest absolute Gasteiger partial charge is 0.243 e. The summed E-state index contributed by atoms with van der Waals surface area (Å²) in [6.45, 7) is 2.24. The topological polar surface area (TPSA) is 126 Å². The summed E-state index contributed by atoms with van der Waals surface area (Å²) in [6.07, 6.45) is 0.581. The van der Waals surface area contributed by atoms with Gasteiger partial charge in [0.05, 0.1) is 25.7 Å². The summed E-state index contributed by atoms with van der Waals surface area (Å²) in [5, 5.41) is 8.31. The Labute approximate surface area is 209 Å². The lowest BCUT2D eigenvalue weighted by Crippen LogP contribution is -2.55. The van der Waals surface area contributed by atoms with E-state index in [2.05, 4.69) is 16.0 Å². The highest BCUT2D eigenvalue weighted by Gasteiger charge is 2.50. The molecule has 36 heavy (non-hydrogen) atoms. The summed E-state index contributed by atoms with van der Waals surface area (Å²) in [5.41, 5.74) is 0.782. The largest absolute Gasteiger partial charge is 0.497 e. The minimum Gasteiger partial charge on any atom is -0.497 e. The molecular formula is C27H31N3O6. The zero-order valence-corrected chi connectivity index (χ0v) is 20.4. The lowest BCUT2D eigenvalue weighted by atomic mass is 9.94. The van der Waals surface area contributed by atoms with Crippen molar-refractivity contribution in [3.8, 4) is 5.75 Å². The van der Waals surface area contributed by atoms with Crippen molar-refractivity contribution >= 4 is 23.5 Å². The van der Waals surface area contributed by atoms with Crippen molar-refractivity contribution in [2.24, 2.45) is 5.92 Å². The zero-order valence-electron chi connectivity index (χ0n) is 20.4. The third-order valence-electron chi connectivity index (χ3n) is 6.59. The standard InChI is InChI=1S/C27H31N3O6/c1-27(16-36-27)24(32)21(12-17-6-4-3-5-7-17)29-26(34)22(13-18-8-10-20(35-2)11-9-18)30-25(33)19-14-23(31)28-15-19/h3-11,19,21-22H,12-16H2,1-2H3,(H,28,31)(H,29,34)(H,30,33)/t19-,21+,22?,27-/m0/s1. The number of ketones is 1. The van der Waals surface area contributed by atoms with E-state index in [0.717, 1.165) is 11.1 Å². The van der Waals surface area contributed by atoms with Crippen molar-refractivity contribution < 1.29 is 28.7 Å². The molecule has 2 aliphatic heterocycles. The second-order valence-electron chi connectivity index (χ2n) is 9.45. The second kappa shape index (κ2) is 10.9. The number of ether oxygens (including phenoxy) is 2. The highest BCUT2D eigenvalue weighted by Crippen LogP contribution is 2.29. The molecule has 4 rings (SSSR count). The van der Waals surface area contributed by atoms with Gasteiger partial charge in [-0.25, -0.2) is 0 Å². The van der Waals surface area contributed by atoms with Crippen molar-refractivity contribution in [1.82, 2.24) is 16.0 Å². The van der Waals surface area contributed by atoms with E-state index in [1.54, 1.807) is 26.2 Å². The van der Waals surface area contributed by atoms with E-state index in [0.29, 0.717) is 18.8 Å². The lowest BCUT2D eigenvalue weighted by molar-refractivity contribution is -0.133. The molecule has 0 aromatic heterocycles. The number of hydrogen-bond donors (Lipinski definition) is 3. The summed E-state index contributed by atoms with van der Waals surface area (Å²) >= 11 is 0. The number of carbonyl (C=O) groups is 4. The van der Waals surface area contributed by atoms with E-state index in [4.69, 9.17) is 9.47 Å². The molecule has 0 bridgehead atoms.